The molecule has 2 rings (SSSR count). The van der Waals surface area contributed by atoms with E-state index in [4.69, 9.17) is 9.26 Å². The first kappa shape index (κ1) is 19.5. The second-order valence-corrected chi connectivity index (χ2v) is 8.07. The molecule has 1 saturated heterocycles. The predicted molar refractivity (Wildman–Crippen MR) is 92.1 cm³/mol. The molecule has 1 unspecified atom stereocenters. The Morgan fingerprint density at radius 2 is 2.20 bits per heavy atom. The second kappa shape index (κ2) is 8.01. The summed E-state index contributed by atoms with van der Waals surface area (Å²) in [6.07, 6.45) is 4.49. The first-order valence-electron chi connectivity index (χ1n) is 8.25. The van der Waals surface area contributed by atoms with Crippen molar-refractivity contribution < 1.29 is 22.5 Å². The van der Waals surface area contributed by atoms with Gasteiger partial charge in [-0.15, -0.1) is 0 Å². The van der Waals surface area contributed by atoms with Crippen molar-refractivity contribution in [3.63, 3.8) is 0 Å². The van der Waals surface area contributed by atoms with Crippen LogP contribution in [0.3, 0.4) is 0 Å². The molecule has 1 aliphatic heterocycles. The highest BCUT2D eigenvalue weighted by Gasteiger charge is 2.37. The number of piperidine rings is 1. The minimum absolute atomic E-state index is 0.0510. The largest absolute Gasteiger partial charge is 0.466 e. The lowest BCUT2D eigenvalue weighted by Gasteiger charge is -2.30. The van der Waals surface area contributed by atoms with Crippen LogP contribution in [0.4, 0.5) is 0 Å². The van der Waals surface area contributed by atoms with Crippen LogP contribution in [0.25, 0.3) is 6.08 Å². The van der Waals surface area contributed by atoms with Gasteiger partial charge in [0, 0.05) is 39.5 Å². The Morgan fingerprint density at radius 1 is 1.48 bits per heavy atom. The molecule has 1 atom stereocenters. The van der Waals surface area contributed by atoms with Crippen molar-refractivity contribution in [3.05, 3.63) is 17.7 Å². The van der Waals surface area contributed by atoms with Gasteiger partial charge in [-0.1, -0.05) is 5.16 Å². The number of aromatic nitrogens is 1. The van der Waals surface area contributed by atoms with E-state index in [2.05, 4.69) is 5.16 Å². The standard InChI is InChI=1S/C16H25N3O5S/c1-5-23-16(20)13-7-6-9-19(11-13)25(21,22)15-12(2)17-24-14(15)8-10-18(3)4/h8,10,13H,5-7,9,11H2,1-4H3/b10-8+. The molecule has 1 fully saturated rings. The average Bonchev–Trinajstić information content (AvgIpc) is 2.94. The predicted octanol–water partition coefficient (Wildman–Crippen LogP) is 1.48. The molecule has 0 bridgehead atoms. The quantitative estimate of drug-likeness (QED) is 0.699. The van der Waals surface area contributed by atoms with Gasteiger partial charge in [-0.2, -0.15) is 4.31 Å². The number of hydrogen-bond donors (Lipinski definition) is 0. The number of aryl methyl sites for hydroxylation is 1. The van der Waals surface area contributed by atoms with Crippen molar-refractivity contribution in [3.8, 4) is 0 Å². The fourth-order valence-electron chi connectivity index (χ4n) is 2.76. The Kier molecular flexibility index (Phi) is 6.23. The third kappa shape index (κ3) is 4.40. The van der Waals surface area contributed by atoms with E-state index in [9.17, 15) is 13.2 Å². The summed E-state index contributed by atoms with van der Waals surface area (Å²) in [7, 11) is -0.166. The third-order valence-electron chi connectivity index (χ3n) is 3.96. The number of hydrogen-bond acceptors (Lipinski definition) is 7. The zero-order valence-corrected chi connectivity index (χ0v) is 15.9. The van der Waals surface area contributed by atoms with Crippen LogP contribution in [-0.4, -0.2) is 62.5 Å². The van der Waals surface area contributed by atoms with Crippen molar-refractivity contribution in [2.75, 3.05) is 33.8 Å². The minimum atomic E-state index is -3.81. The molecule has 140 valence electrons. The molecule has 0 N–H and O–H groups in total. The lowest BCUT2D eigenvalue weighted by molar-refractivity contribution is -0.149. The van der Waals surface area contributed by atoms with Crippen molar-refractivity contribution in [2.45, 2.75) is 31.6 Å². The van der Waals surface area contributed by atoms with E-state index in [1.165, 1.54) is 4.31 Å². The van der Waals surface area contributed by atoms with E-state index in [-0.39, 0.29) is 29.8 Å². The van der Waals surface area contributed by atoms with Crippen molar-refractivity contribution in [2.24, 2.45) is 5.92 Å². The summed E-state index contributed by atoms with van der Waals surface area (Å²) in [5, 5.41) is 3.80. The molecule has 2 heterocycles. The molecule has 1 aromatic heterocycles. The Morgan fingerprint density at radius 3 is 2.84 bits per heavy atom. The fourth-order valence-corrected chi connectivity index (χ4v) is 4.53. The third-order valence-corrected chi connectivity index (χ3v) is 5.98. The molecule has 0 spiro atoms. The summed E-state index contributed by atoms with van der Waals surface area (Å²) in [5.41, 5.74) is 0.302. The first-order chi connectivity index (χ1) is 11.8. The number of carbonyl (C=O) groups is 1. The molecule has 8 nitrogen and oxygen atoms in total. The summed E-state index contributed by atoms with van der Waals surface area (Å²) < 4.78 is 37.7. The Hall–Kier alpha value is -1.87. The fraction of sp³-hybridized carbons (Fsp3) is 0.625. The lowest BCUT2D eigenvalue weighted by atomic mass is 10.0. The molecular weight excluding hydrogens is 346 g/mol. The molecule has 0 radical (unpaired) electrons. The highest BCUT2D eigenvalue weighted by molar-refractivity contribution is 7.89. The number of esters is 1. The van der Waals surface area contributed by atoms with Crippen LogP contribution in [0, 0.1) is 12.8 Å². The Bertz CT molecular complexity index is 739. The highest BCUT2D eigenvalue weighted by Crippen LogP contribution is 2.29. The molecule has 0 saturated carbocycles. The molecular formula is C16H25N3O5S. The van der Waals surface area contributed by atoms with Gasteiger partial charge >= 0.3 is 5.97 Å². The van der Waals surface area contributed by atoms with E-state index >= 15 is 0 Å². The van der Waals surface area contributed by atoms with Gasteiger partial charge in [0.15, 0.2) is 10.7 Å². The molecule has 1 aliphatic rings. The van der Waals surface area contributed by atoms with E-state index in [0.717, 1.165) is 0 Å². The maximum absolute atomic E-state index is 13.1. The van der Waals surface area contributed by atoms with Gasteiger partial charge in [0.2, 0.25) is 10.0 Å². The molecule has 0 amide bonds. The number of ether oxygens (including phenoxy) is 1. The number of sulfonamides is 1. The maximum Gasteiger partial charge on any atom is 0.310 e. The average molecular weight is 371 g/mol. The molecule has 0 aromatic carbocycles. The van der Waals surface area contributed by atoms with Gasteiger partial charge in [0.05, 0.1) is 12.5 Å². The number of rotatable bonds is 6. The van der Waals surface area contributed by atoms with Crippen LogP contribution in [-0.2, 0) is 19.6 Å². The van der Waals surface area contributed by atoms with E-state index in [1.807, 2.05) is 14.1 Å². The minimum Gasteiger partial charge on any atom is -0.466 e. The molecule has 25 heavy (non-hydrogen) atoms. The topological polar surface area (TPSA) is 92.9 Å². The SMILES string of the molecule is CCOC(=O)C1CCCN(S(=O)(=O)c2c(C)noc2/C=C/N(C)C)C1. The van der Waals surface area contributed by atoms with Gasteiger partial charge in [-0.25, -0.2) is 8.42 Å². The lowest BCUT2D eigenvalue weighted by Crippen LogP contribution is -2.43. The van der Waals surface area contributed by atoms with Crippen LogP contribution in [0.15, 0.2) is 15.6 Å². The highest BCUT2D eigenvalue weighted by atomic mass is 32.2. The van der Waals surface area contributed by atoms with Crippen LogP contribution >= 0.6 is 0 Å². The zero-order chi connectivity index (χ0) is 18.6. The molecule has 0 aliphatic carbocycles. The van der Waals surface area contributed by atoms with E-state index < -0.39 is 15.9 Å². The zero-order valence-electron chi connectivity index (χ0n) is 15.1. The summed E-state index contributed by atoms with van der Waals surface area (Å²) in [4.78, 5) is 13.8. The van der Waals surface area contributed by atoms with Crippen LogP contribution in [0.2, 0.25) is 0 Å². The first-order valence-corrected chi connectivity index (χ1v) is 9.69. The Balaban J connectivity index is 2.29. The van der Waals surface area contributed by atoms with Crippen LogP contribution in [0.1, 0.15) is 31.2 Å². The molecule has 9 heteroatoms. The van der Waals surface area contributed by atoms with Crippen molar-refractivity contribution in [1.29, 1.82) is 0 Å². The summed E-state index contributed by atoms with van der Waals surface area (Å²) in [5.74, 6) is -0.606. The molecule has 1 aromatic rings. The van der Waals surface area contributed by atoms with Crippen molar-refractivity contribution in [1.82, 2.24) is 14.4 Å². The monoisotopic (exact) mass is 371 g/mol. The van der Waals surface area contributed by atoms with E-state index in [0.29, 0.717) is 25.1 Å². The van der Waals surface area contributed by atoms with Crippen LogP contribution in [0.5, 0.6) is 0 Å². The van der Waals surface area contributed by atoms with Gasteiger partial charge < -0.3 is 14.2 Å². The van der Waals surface area contributed by atoms with Crippen molar-refractivity contribution >= 4 is 22.1 Å². The summed E-state index contributed by atoms with van der Waals surface area (Å²) in [6, 6.07) is 0. The maximum atomic E-state index is 13.1. The van der Waals surface area contributed by atoms with Crippen LogP contribution < -0.4 is 0 Å². The number of carbonyl (C=O) groups excluding carboxylic acids is 1. The summed E-state index contributed by atoms with van der Waals surface area (Å²) in [6.45, 7) is 4.09. The van der Waals surface area contributed by atoms with E-state index in [1.54, 1.807) is 31.0 Å². The smallest absolute Gasteiger partial charge is 0.310 e. The second-order valence-electron chi connectivity index (χ2n) is 6.19. The normalized spacial score (nSPS) is 19.3. The van der Waals surface area contributed by atoms with Gasteiger partial charge in [0.25, 0.3) is 0 Å². The summed E-state index contributed by atoms with van der Waals surface area (Å²) >= 11 is 0. The van der Waals surface area contributed by atoms with Gasteiger partial charge in [0.1, 0.15) is 5.69 Å². The van der Waals surface area contributed by atoms with Gasteiger partial charge in [-0.05, 0) is 26.7 Å². The van der Waals surface area contributed by atoms with Gasteiger partial charge in [-0.3, -0.25) is 4.79 Å². The Labute approximate surface area is 148 Å². The number of nitrogens with zero attached hydrogens (tertiary/aromatic N) is 3.